The molecule has 1 aromatic heterocycles. The molecular formula is C24H22ClF3N4O2. The molecule has 2 amide bonds. The number of hydrazone groups is 1. The molecule has 0 unspecified atom stereocenters. The van der Waals surface area contributed by atoms with Crippen LogP contribution >= 0.6 is 11.6 Å². The molecule has 0 aliphatic carbocycles. The van der Waals surface area contributed by atoms with Crippen LogP contribution in [0.25, 0.3) is 5.69 Å². The lowest BCUT2D eigenvalue weighted by molar-refractivity contribution is -0.137. The third-order valence-electron chi connectivity index (χ3n) is 5.04. The molecule has 1 heterocycles. The number of nitrogens with zero attached hydrogens (tertiary/aromatic N) is 2. The Morgan fingerprint density at radius 1 is 0.971 bits per heavy atom. The fourth-order valence-electron chi connectivity index (χ4n) is 3.61. The Hall–Kier alpha value is -3.59. The van der Waals surface area contributed by atoms with Crippen molar-refractivity contribution in [3.8, 4) is 5.69 Å². The summed E-state index contributed by atoms with van der Waals surface area (Å²) in [5.41, 5.74) is 6.54. The molecule has 0 atom stereocenters. The quantitative estimate of drug-likeness (QED) is 0.289. The predicted octanol–water partition coefficient (Wildman–Crippen LogP) is 5.47. The van der Waals surface area contributed by atoms with E-state index in [9.17, 15) is 22.8 Å². The molecule has 0 spiro atoms. The van der Waals surface area contributed by atoms with E-state index in [0.717, 1.165) is 45.9 Å². The Morgan fingerprint density at radius 2 is 1.62 bits per heavy atom. The van der Waals surface area contributed by atoms with Crippen molar-refractivity contribution in [3.63, 3.8) is 0 Å². The number of hydrogen-bond acceptors (Lipinski definition) is 3. The lowest BCUT2D eigenvalue weighted by Crippen LogP contribution is -2.32. The van der Waals surface area contributed by atoms with Gasteiger partial charge in [-0.05, 0) is 75.2 Å². The number of alkyl halides is 3. The number of amides is 2. The second-order valence-electron chi connectivity index (χ2n) is 7.85. The van der Waals surface area contributed by atoms with E-state index < -0.39 is 28.6 Å². The van der Waals surface area contributed by atoms with Crippen molar-refractivity contribution in [1.82, 2.24) is 9.99 Å². The van der Waals surface area contributed by atoms with E-state index in [1.165, 1.54) is 6.21 Å². The Kier molecular flexibility index (Phi) is 7.16. The Labute approximate surface area is 199 Å². The maximum atomic E-state index is 13.0. The van der Waals surface area contributed by atoms with Crippen molar-refractivity contribution in [2.24, 2.45) is 5.10 Å². The summed E-state index contributed by atoms with van der Waals surface area (Å²) < 4.78 is 40.9. The largest absolute Gasteiger partial charge is 0.417 e. The van der Waals surface area contributed by atoms with Gasteiger partial charge < -0.3 is 9.88 Å². The molecule has 34 heavy (non-hydrogen) atoms. The minimum atomic E-state index is -4.70. The molecule has 0 aliphatic heterocycles. The summed E-state index contributed by atoms with van der Waals surface area (Å²) in [4.78, 5) is 24.1. The van der Waals surface area contributed by atoms with E-state index in [0.29, 0.717) is 6.07 Å². The molecule has 178 valence electrons. The number of carbonyl (C=O) groups excluding carboxylic acids is 2. The zero-order valence-electron chi connectivity index (χ0n) is 18.8. The standard InChI is InChI=1S/C24H22ClF3N4O2/c1-13-7-14(2)9-19(8-13)32-15(3)10-17(16(32)4)12-29-31-23(34)22(33)30-18-5-6-21(25)20(11-18)24(26,27)28/h5-12H,1-4H3,(H,30,33)(H,31,34)/b29-12-. The number of aryl methyl sites for hydroxylation is 3. The van der Waals surface area contributed by atoms with Crippen LogP contribution in [0.3, 0.4) is 0 Å². The summed E-state index contributed by atoms with van der Waals surface area (Å²) in [7, 11) is 0. The van der Waals surface area contributed by atoms with Gasteiger partial charge in [-0.1, -0.05) is 17.7 Å². The van der Waals surface area contributed by atoms with E-state index in [2.05, 4.69) is 38.6 Å². The zero-order valence-corrected chi connectivity index (χ0v) is 19.6. The number of nitrogens with one attached hydrogen (secondary N) is 2. The highest BCUT2D eigenvalue weighted by Crippen LogP contribution is 2.36. The van der Waals surface area contributed by atoms with Gasteiger partial charge in [0, 0.05) is 28.3 Å². The molecule has 0 saturated carbocycles. The van der Waals surface area contributed by atoms with E-state index >= 15 is 0 Å². The van der Waals surface area contributed by atoms with Gasteiger partial charge in [-0.25, -0.2) is 5.43 Å². The maximum absolute atomic E-state index is 13.0. The van der Waals surface area contributed by atoms with Crippen molar-refractivity contribution in [2.75, 3.05) is 5.32 Å². The van der Waals surface area contributed by atoms with Crippen LogP contribution in [0.2, 0.25) is 5.02 Å². The highest BCUT2D eigenvalue weighted by Gasteiger charge is 2.33. The summed E-state index contributed by atoms with van der Waals surface area (Å²) in [6, 6.07) is 10.9. The fraction of sp³-hybridized carbons (Fsp3) is 0.208. The first kappa shape index (κ1) is 25.0. The molecule has 6 nitrogen and oxygen atoms in total. The number of aromatic nitrogens is 1. The Bertz CT molecular complexity index is 1280. The average molecular weight is 491 g/mol. The van der Waals surface area contributed by atoms with Gasteiger partial charge in [-0.15, -0.1) is 0 Å². The average Bonchev–Trinajstić information content (AvgIpc) is 3.00. The van der Waals surface area contributed by atoms with Gasteiger partial charge in [0.25, 0.3) is 0 Å². The van der Waals surface area contributed by atoms with Crippen LogP contribution in [-0.4, -0.2) is 22.6 Å². The molecule has 0 radical (unpaired) electrons. The van der Waals surface area contributed by atoms with E-state index in [1.807, 2.05) is 33.8 Å². The number of carbonyl (C=O) groups is 2. The first-order valence-electron chi connectivity index (χ1n) is 10.2. The number of anilines is 1. The van der Waals surface area contributed by atoms with Crippen LogP contribution < -0.4 is 10.7 Å². The van der Waals surface area contributed by atoms with Crippen molar-refractivity contribution in [1.29, 1.82) is 0 Å². The minimum absolute atomic E-state index is 0.224. The second-order valence-corrected chi connectivity index (χ2v) is 8.26. The molecule has 0 saturated heterocycles. The van der Waals surface area contributed by atoms with Gasteiger partial charge in [0.05, 0.1) is 16.8 Å². The van der Waals surface area contributed by atoms with Crippen LogP contribution in [0.4, 0.5) is 18.9 Å². The lowest BCUT2D eigenvalue weighted by atomic mass is 10.1. The topological polar surface area (TPSA) is 75.5 Å². The summed E-state index contributed by atoms with van der Waals surface area (Å²) >= 11 is 5.55. The minimum Gasteiger partial charge on any atom is -0.318 e. The van der Waals surface area contributed by atoms with Crippen molar-refractivity contribution >= 4 is 35.3 Å². The predicted molar refractivity (Wildman–Crippen MR) is 126 cm³/mol. The van der Waals surface area contributed by atoms with Crippen LogP contribution in [0.1, 0.15) is 33.6 Å². The Balaban J connectivity index is 1.70. The summed E-state index contributed by atoms with van der Waals surface area (Å²) in [6.45, 7) is 7.87. The van der Waals surface area contributed by atoms with Crippen LogP contribution in [0, 0.1) is 27.7 Å². The Morgan fingerprint density at radius 3 is 2.24 bits per heavy atom. The summed E-state index contributed by atoms with van der Waals surface area (Å²) in [5, 5.41) is 5.40. The van der Waals surface area contributed by atoms with Gasteiger partial charge in [0.1, 0.15) is 0 Å². The summed E-state index contributed by atoms with van der Waals surface area (Å²) in [5.74, 6) is -2.31. The fourth-order valence-corrected chi connectivity index (χ4v) is 3.84. The third-order valence-corrected chi connectivity index (χ3v) is 5.37. The number of halogens is 4. The van der Waals surface area contributed by atoms with Crippen molar-refractivity contribution in [2.45, 2.75) is 33.9 Å². The summed E-state index contributed by atoms with van der Waals surface area (Å²) in [6.07, 6.45) is -3.30. The van der Waals surface area contributed by atoms with E-state index in [1.54, 1.807) is 0 Å². The van der Waals surface area contributed by atoms with Gasteiger partial charge >= 0.3 is 18.0 Å². The number of rotatable bonds is 4. The van der Waals surface area contributed by atoms with Crippen molar-refractivity contribution in [3.05, 3.63) is 81.1 Å². The maximum Gasteiger partial charge on any atom is 0.417 e. The van der Waals surface area contributed by atoms with Gasteiger partial charge in [0.15, 0.2) is 0 Å². The van der Waals surface area contributed by atoms with Crippen LogP contribution in [0.15, 0.2) is 47.6 Å². The lowest BCUT2D eigenvalue weighted by Gasteiger charge is -2.12. The highest BCUT2D eigenvalue weighted by atomic mass is 35.5. The number of hydrogen-bond donors (Lipinski definition) is 2. The van der Waals surface area contributed by atoms with Gasteiger partial charge in [0.2, 0.25) is 0 Å². The molecule has 2 N–H and O–H groups in total. The first-order valence-corrected chi connectivity index (χ1v) is 10.5. The van der Waals surface area contributed by atoms with Crippen LogP contribution in [-0.2, 0) is 15.8 Å². The van der Waals surface area contributed by atoms with E-state index in [-0.39, 0.29) is 5.69 Å². The molecule has 0 aliphatic rings. The van der Waals surface area contributed by atoms with Gasteiger partial charge in [-0.3, -0.25) is 9.59 Å². The molecule has 0 bridgehead atoms. The van der Waals surface area contributed by atoms with E-state index in [4.69, 9.17) is 11.6 Å². The second kappa shape index (κ2) is 9.72. The molecule has 10 heteroatoms. The highest BCUT2D eigenvalue weighted by molar-refractivity contribution is 6.39. The smallest absolute Gasteiger partial charge is 0.318 e. The normalized spacial score (nSPS) is 11.6. The van der Waals surface area contributed by atoms with Crippen molar-refractivity contribution < 1.29 is 22.8 Å². The monoisotopic (exact) mass is 490 g/mol. The first-order chi connectivity index (χ1) is 15.9. The SMILES string of the molecule is Cc1cc(C)cc(-n2c(C)cc(/C=N\NC(=O)C(=O)Nc3ccc(Cl)c(C(F)(F)F)c3)c2C)c1. The molecule has 2 aromatic carbocycles. The molecule has 3 aromatic rings. The van der Waals surface area contributed by atoms with Gasteiger partial charge in [-0.2, -0.15) is 18.3 Å². The molecule has 0 fully saturated rings. The molecular weight excluding hydrogens is 469 g/mol. The zero-order chi connectivity index (χ0) is 25.2. The van der Waals surface area contributed by atoms with Crippen LogP contribution in [0.5, 0.6) is 0 Å². The molecule has 3 rings (SSSR count). The third kappa shape index (κ3) is 5.66. The number of benzene rings is 2.